The topological polar surface area (TPSA) is 104 Å². The van der Waals surface area contributed by atoms with E-state index in [1.807, 2.05) is 6.07 Å². The monoisotopic (exact) mass is 414 g/mol. The van der Waals surface area contributed by atoms with E-state index in [4.69, 9.17) is 10.00 Å². The van der Waals surface area contributed by atoms with Crippen molar-refractivity contribution in [1.29, 1.82) is 5.26 Å². The molecule has 0 atom stereocenters. The van der Waals surface area contributed by atoms with Crippen molar-refractivity contribution in [3.63, 3.8) is 0 Å². The maximum atomic E-state index is 12.2. The van der Waals surface area contributed by atoms with Crippen LogP contribution in [0.3, 0.4) is 0 Å². The lowest BCUT2D eigenvalue weighted by atomic mass is 10.2. The third kappa shape index (κ3) is 5.43. The van der Waals surface area contributed by atoms with Crippen LogP contribution in [-0.4, -0.2) is 23.5 Å². The van der Waals surface area contributed by atoms with E-state index in [2.05, 4.69) is 31.5 Å². The van der Waals surface area contributed by atoms with Crippen LogP contribution in [0.4, 0.5) is 11.5 Å². The van der Waals surface area contributed by atoms with Crippen molar-refractivity contribution in [3.8, 4) is 6.07 Å². The summed E-state index contributed by atoms with van der Waals surface area (Å²) in [6, 6.07) is 11.5. The van der Waals surface area contributed by atoms with Crippen LogP contribution >= 0.6 is 15.9 Å². The molecule has 0 fully saturated rings. The van der Waals surface area contributed by atoms with E-state index in [-0.39, 0.29) is 12.2 Å². The zero-order valence-corrected chi connectivity index (χ0v) is 15.4. The van der Waals surface area contributed by atoms with Crippen molar-refractivity contribution in [1.82, 2.24) is 4.98 Å². The summed E-state index contributed by atoms with van der Waals surface area (Å²) >= 11 is 3.27. The van der Waals surface area contributed by atoms with E-state index in [1.165, 1.54) is 18.3 Å². The number of pyridine rings is 1. The summed E-state index contributed by atoms with van der Waals surface area (Å²) in [7, 11) is 0. The van der Waals surface area contributed by atoms with Gasteiger partial charge >= 0.3 is 5.97 Å². The van der Waals surface area contributed by atoms with Gasteiger partial charge in [0.05, 0.1) is 12.2 Å². The van der Waals surface area contributed by atoms with Gasteiger partial charge in [0.25, 0.3) is 5.91 Å². The van der Waals surface area contributed by atoms with Crippen LogP contribution in [0.15, 0.2) is 58.8 Å². The molecule has 0 aliphatic rings. The van der Waals surface area contributed by atoms with E-state index in [0.29, 0.717) is 17.1 Å². The summed E-state index contributed by atoms with van der Waals surface area (Å²) in [6.45, 7) is 2.01. The van der Waals surface area contributed by atoms with Gasteiger partial charge < -0.3 is 15.4 Å². The molecule has 2 N–H and O–H groups in total. The highest BCUT2D eigenvalue weighted by molar-refractivity contribution is 9.10. The van der Waals surface area contributed by atoms with Crippen molar-refractivity contribution in [2.24, 2.45) is 0 Å². The highest BCUT2D eigenvalue weighted by atomic mass is 79.9. The highest BCUT2D eigenvalue weighted by Gasteiger charge is 2.11. The fraction of sp³-hybridized carbons (Fsp3) is 0.111. The molecule has 0 spiro atoms. The number of nitrogens with zero attached hydrogens (tertiary/aromatic N) is 2. The van der Waals surface area contributed by atoms with Crippen LogP contribution in [0.25, 0.3) is 0 Å². The van der Waals surface area contributed by atoms with Crippen molar-refractivity contribution in [2.75, 3.05) is 17.2 Å². The van der Waals surface area contributed by atoms with Crippen molar-refractivity contribution in [3.05, 3.63) is 64.4 Å². The number of benzene rings is 1. The van der Waals surface area contributed by atoms with E-state index in [0.717, 1.165) is 4.47 Å². The number of rotatable bonds is 6. The first-order valence-electron chi connectivity index (χ1n) is 7.60. The van der Waals surface area contributed by atoms with Crippen LogP contribution in [0.2, 0.25) is 0 Å². The lowest BCUT2D eigenvalue weighted by Gasteiger charge is -2.06. The summed E-state index contributed by atoms with van der Waals surface area (Å²) < 4.78 is 5.71. The van der Waals surface area contributed by atoms with Crippen LogP contribution in [0.5, 0.6) is 0 Å². The SMILES string of the molecule is CCOC(=O)c1ccc(NC(=O)/C(C#N)=C\Nc2ccc(Br)cn2)cc1. The van der Waals surface area contributed by atoms with E-state index in [9.17, 15) is 9.59 Å². The Morgan fingerprint density at radius 3 is 2.58 bits per heavy atom. The summed E-state index contributed by atoms with van der Waals surface area (Å²) in [5.74, 6) is -0.525. The number of carbonyl (C=O) groups is 2. The molecule has 7 nitrogen and oxygen atoms in total. The Morgan fingerprint density at radius 1 is 1.27 bits per heavy atom. The number of esters is 1. The van der Waals surface area contributed by atoms with Crippen molar-refractivity contribution < 1.29 is 14.3 Å². The van der Waals surface area contributed by atoms with E-state index < -0.39 is 11.9 Å². The minimum atomic E-state index is -0.582. The zero-order valence-electron chi connectivity index (χ0n) is 13.8. The molecule has 0 bridgehead atoms. The molecule has 0 unspecified atom stereocenters. The number of hydrogen-bond donors (Lipinski definition) is 2. The number of nitriles is 1. The maximum absolute atomic E-state index is 12.2. The third-order valence-corrected chi connectivity index (χ3v) is 3.58. The lowest BCUT2D eigenvalue weighted by Crippen LogP contribution is -2.15. The normalized spacial score (nSPS) is 10.6. The van der Waals surface area contributed by atoms with Gasteiger partial charge in [-0.1, -0.05) is 0 Å². The molecule has 0 radical (unpaired) electrons. The predicted molar refractivity (Wildman–Crippen MR) is 100 cm³/mol. The summed E-state index contributed by atoms with van der Waals surface area (Å²) in [5.41, 5.74) is 0.707. The number of carbonyl (C=O) groups excluding carboxylic acids is 2. The van der Waals surface area contributed by atoms with E-state index >= 15 is 0 Å². The highest BCUT2D eigenvalue weighted by Crippen LogP contribution is 2.13. The Bertz CT molecular complexity index is 856. The molecule has 1 aromatic carbocycles. The molecular weight excluding hydrogens is 400 g/mol. The lowest BCUT2D eigenvalue weighted by molar-refractivity contribution is -0.112. The first kappa shape index (κ1) is 19.1. The van der Waals surface area contributed by atoms with Crippen LogP contribution < -0.4 is 10.6 Å². The van der Waals surface area contributed by atoms with Crippen LogP contribution in [0.1, 0.15) is 17.3 Å². The van der Waals surface area contributed by atoms with Crippen molar-refractivity contribution in [2.45, 2.75) is 6.92 Å². The van der Waals surface area contributed by atoms with Gasteiger partial charge in [-0.05, 0) is 59.3 Å². The molecule has 1 amide bonds. The fourth-order valence-electron chi connectivity index (χ4n) is 1.86. The zero-order chi connectivity index (χ0) is 18.9. The van der Waals surface area contributed by atoms with E-state index in [1.54, 1.807) is 37.4 Å². The smallest absolute Gasteiger partial charge is 0.338 e. The van der Waals surface area contributed by atoms with Gasteiger partial charge in [-0.25, -0.2) is 9.78 Å². The minimum Gasteiger partial charge on any atom is -0.462 e. The number of aromatic nitrogens is 1. The molecule has 132 valence electrons. The summed E-state index contributed by atoms with van der Waals surface area (Å²) in [5, 5.41) is 14.5. The molecule has 0 aliphatic carbocycles. The Kier molecular flexibility index (Phi) is 6.88. The largest absolute Gasteiger partial charge is 0.462 e. The molecule has 2 rings (SSSR count). The first-order chi connectivity index (χ1) is 12.5. The summed E-state index contributed by atoms with van der Waals surface area (Å²) in [4.78, 5) is 27.9. The number of anilines is 2. The number of amides is 1. The fourth-order valence-corrected chi connectivity index (χ4v) is 2.09. The third-order valence-electron chi connectivity index (χ3n) is 3.11. The molecule has 0 saturated heterocycles. The summed E-state index contributed by atoms with van der Waals surface area (Å²) in [6.07, 6.45) is 2.87. The number of nitrogens with one attached hydrogen (secondary N) is 2. The standard InChI is InChI=1S/C18H15BrN4O3/c1-2-26-18(25)12-3-6-15(7-4-12)23-17(24)13(9-20)10-21-16-8-5-14(19)11-22-16/h3-8,10-11H,2H2,1H3,(H,21,22)(H,23,24)/b13-10-. The van der Waals surface area contributed by atoms with Crippen molar-refractivity contribution >= 4 is 39.3 Å². The molecule has 1 aromatic heterocycles. The quantitative estimate of drug-likeness (QED) is 0.425. The molecule has 26 heavy (non-hydrogen) atoms. The minimum absolute atomic E-state index is 0.121. The average Bonchev–Trinajstić information content (AvgIpc) is 2.64. The Balaban J connectivity index is 2.02. The van der Waals surface area contributed by atoms with Crippen LogP contribution in [-0.2, 0) is 9.53 Å². The van der Waals surface area contributed by atoms with Gasteiger partial charge in [0, 0.05) is 22.6 Å². The molecule has 8 heteroatoms. The second kappa shape index (κ2) is 9.34. The molecule has 0 saturated carbocycles. The Morgan fingerprint density at radius 2 is 2.00 bits per heavy atom. The van der Waals surface area contributed by atoms with Gasteiger partial charge in [0.1, 0.15) is 17.5 Å². The second-order valence-corrected chi connectivity index (χ2v) is 5.84. The molecule has 2 aromatic rings. The van der Waals surface area contributed by atoms with Gasteiger partial charge in [0.2, 0.25) is 0 Å². The van der Waals surface area contributed by atoms with Gasteiger partial charge in [-0.2, -0.15) is 5.26 Å². The van der Waals surface area contributed by atoms with Gasteiger partial charge in [0.15, 0.2) is 0 Å². The van der Waals surface area contributed by atoms with Gasteiger partial charge in [-0.3, -0.25) is 4.79 Å². The maximum Gasteiger partial charge on any atom is 0.338 e. The number of ether oxygens (including phenoxy) is 1. The average molecular weight is 415 g/mol. The second-order valence-electron chi connectivity index (χ2n) is 4.93. The van der Waals surface area contributed by atoms with Gasteiger partial charge in [-0.15, -0.1) is 0 Å². The van der Waals surface area contributed by atoms with Crippen LogP contribution in [0, 0.1) is 11.3 Å². The number of hydrogen-bond acceptors (Lipinski definition) is 6. The number of halogens is 1. The first-order valence-corrected chi connectivity index (χ1v) is 8.39. The molecule has 0 aliphatic heterocycles. The Labute approximate surface area is 158 Å². The predicted octanol–water partition coefficient (Wildman–Crippen LogP) is 3.48. The molecule has 1 heterocycles. The Hall–Kier alpha value is -3.18. The molecular formula is C18H15BrN4O3.